The fourth-order valence-electron chi connectivity index (χ4n) is 2.61. The number of methoxy groups -OCH3 is 1. The Balaban J connectivity index is 3.14. The first kappa shape index (κ1) is 26.7. The molecule has 1 saturated carbocycles. The second-order valence-corrected chi connectivity index (χ2v) is 15.4. The molecule has 0 saturated heterocycles. The van der Waals surface area contributed by atoms with Crippen molar-refractivity contribution in [3.05, 3.63) is 12.2 Å². The van der Waals surface area contributed by atoms with Crippen molar-refractivity contribution in [3.8, 4) is 0 Å². The fourth-order valence-corrected chi connectivity index (χ4v) is 3.62. The van der Waals surface area contributed by atoms with Crippen LogP contribution in [0.2, 0.25) is 18.1 Å². The Bertz CT molecular complexity index is 618. The first-order chi connectivity index (χ1) is 13.6. The second-order valence-electron chi connectivity index (χ2n) is 10.6. The molecule has 1 aliphatic carbocycles. The van der Waals surface area contributed by atoms with Crippen molar-refractivity contribution < 1.29 is 23.5 Å². The van der Waals surface area contributed by atoms with Crippen molar-refractivity contribution in [1.29, 1.82) is 0 Å². The highest BCUT2D eigenvalue weighted by molar-refractivity contribution is 6.74. The molecule has 0 heterocycles. The van der Waals surface area contributed by atoms with Gasteiger partial charge < -0.3 is 19.2 Å². The second kappa shape index (κ2) is 10.3. The Kier molecular flexibility index (Phi) is 9.14. The van der Waals surface area contributed by atoms with E-state index in [0.29, 0.717) is 12.5 Å². The average Bonchev–Trinajstić information content (AvgIpc) is 3.41. The number of ether oxygens (including phenoxy) is 2. The van der Waals surface area contributed by atoms with Crippen LogP contribution in [0.5, 0.6) is 0 Å². The van der Waals surface area contributed by atoms with E-state index in [4.69, 9.17) is 13.9 Å². The number of carbonyl (C=O) groups is 2. The molecule has 7 nitrogen and oxygen atoms in total. The number of nitrogens with zero attached hydrogens (tertiary/aromatic N) is 1. The van der Waals surface area contributed by atoms with Gasteiger partial charge in [0.1, 0.15) is 18.9 Å². The maximum absolute atomic E-state index is 13.1. The van der Waals surface area contributed by atoms with Crippen LogP contribution in [0.4, 0.5) is 4.79 Å². The molecular weight excluding hydrogens is 400 g/mol. The van der Waals surface area contributed by atoms with Crippen molar-refractivity contribution in [3.63, 3.8) is 0 Å². The van der Waals surface area contributed by atoms with E-state index in [2.05, 4.69) is 45.8 Å². The zero-order valence-corrected chi connectivity index (χ0v) is 21.4. The summed E-state index contributed by atoms with van der Waals surface area (Å²) in [5.41, 5.74) is 0.253. The Hall–Kier alpha value is -1.38. The number of rotatable bonds is 10. The summed E-state index contributed by atoms with van der Waals surface area (Å²) in [6.45, 7) is 20.8. The van der Waals surface area contributed by atoms with E-state index < -0.39 is 26.1 Å². The van der Waals surface area contributed by atoms with Crippen LogP contribution in [0.3, 0.4) is 0 Å². The number of hydrogen-bond donors (Lipinski definition) is 1. The highest BCUT2D eigenvalue weighted by Gasteiger charge is 2.41. The standard InChI is InChI=1S/C22H42N2O5Si/c1-16(17-11-12-17)18(14-28-30(9,10)22(5,6)7)24(13-19(25)23-15-27-8)20(26)29-21(2,3)4/h17-18H,1,11-15H2,2-10H3,(H,23,25)/t18-/m1/s1. The third-order valence-electron chi connectivity index (χ3n) is 5.67. The molecule has 0 aliphatic heterocycles. The molecule has 8 heteroatoms. The molecular formula is C22H42N2O5Si. The van der Waals surface area contributed by atoms with Gasteiger partial charge >= 0.3 is 6.09 Å². The zero-order chi connectivity index (χ0) is 23.3. The monoisotopic (exact) mass is 442 g/mol. The quantitative estimate of drug-likeness (QED) is 0.310. The predicted octanol–water partition coefficient (Wildman–Crippen LogP) is 4.30. The lowest BCUT2D eigenvalue weighted by atomic mass is 10.0. The lowest BCUT2D eigenvalue weighted by Crippen LogP contribution is -2.53. The molecule has 1 rings (SSSR count). The number of hydrogen-bond acceptors (Lipinski definition) is 5. The normalized spacial score (nSPS) is 16.0. The highest BCUT2D eigenvalue weighted by Crippen LogP contribution is 2.40. The van der Waals surface area contributed by atoms with Gasteiger partial charge in [0.05, 0.1) is 12.6 Å². The van der Waals surface area contributed by atoms with Crippen LogP contribution in [0.15, 0.2) is 12.2 Å². The minimum absolute atomic E-state index is 0.0328. The molecule has 0 unspecified atom stereocenters. The van der Waals surface area contributed by atoms with Gasteiger partial charge in [-0.15, -0.1) is 0 Å². The number of amides is 2. The third-order valence-corrected chi connectivity index (χ3v) is 10.2. The third kappa shape index (κ3) is 8.39. The zero-order valence-electron chi connectivity index (χ0n) is 20.4. The van der Waals surface area contributed by atoms with Crippen LogP contribution in [0.25, 0.3) is 0 Å². The topological polar surface area (TPSA) is 77.1 Å². The van der Waals surface area contributed by atoms with Gasteiger partial charge in [0.15, 0.2) is 8.32 Å². The van der Waals surface area contributed by atoms with Gasteiger partial charge in [-0.05, 0) is 63.2 Å². The van der Waals surface area contributed by atoms with Gasteiger partial charge in [-0.25, -0.2) is 4.79 Å². The van der Waals surface area contributed by atoms with Gasteiger partial charge in [0.2, 0.25) is 5.91 Å². The molecule has 0 aromatic carbocycles. The van der Waals surface area contributed by atoms with E-state index in [1.807, 2.05) is 20.8 Å². The van der Waals surface area contributed by atoms with Crippen LogP contribution in [0.1, 0.15) is 54.4 Å². The molecule has 0 bridgehead atoms. The van der Waals surface area contributed by atoms with Gasteiger partial charge in [-0.1, -0.05) is 27.4 Å². The highest BCUT2D eigenvalue weighted by atomic mass is 28.4. The molecule has 30 heavy (non-hydrogen) atoms. The van der Waals surface area contributed by atoms with Crippen LogP contribution in [-0.4, -0.2) is 63.9 Å². The maximum Gasteiger partial charge on any atom is 0.411 e. The van der Waals surface area contributed by atoms with Crippen molar-refractivity contribution >= 4 is 20.3 Å². The lowest BCUT2D eigenvalue weighted by Gasteiger charge is -2.40. The predicted molar refractivity (Wildman–Crippen MR) is 122 cm³/mol. The Morgan fingerprint density at radius 1 is 1.17 bits per heavy atom. The van der Waals surface area contributed by atoms with Crippen LogP contribution >= 0.6 is 0 Å². The number of carbonyl (C=O) groups excluding carboxylic acids is 2. The summed E-state index contributed by atoms with van der Waals surface area (Å²) in [7, 11) is -0.560. The summed E-state index contributed by atoms with van der Waals surface area (Å²) in [5.74, 6) is 0.0358. The summed E-state index contributed by atoms with van der Waals surface area (Å²) in [6.07, 6.45) is 1.56. The minimum atomic E-state index is -2.06. The van der Waals surface area contributed by atoms with Gasteiger partial charge in [0, 0.05) is 7.11 Å². The average molecular weight is 443 g/mol. The van der Waals surface area contributed by atoms with Crippen LogP contribution < -0.4 is 5.32 Å². The van der Waals surface area contributed by atoms with Crippen molar-refractivity contribution in [1.82, 2.24) is 10.2 Å². The Morgan fingerprint density at radius 3 is 2.17 bits per heavy atom. The number of nitrogens with one attached hydrogen (secondary N) is 1. The van der Waals surface area contributed by atoms with E-state index in [9.17, 15) is 9.59 Å². The smallest absolute Gasteiger partial charge is 0.411 e. The maximum atomic E-state index is 13.1. The lowest BCUT2D eigenvalue weighted by molar-refractivity contribution is -0.124. The van der Waals surface area contributed by atoms with E-state index in [-0.39, 0.29) is 24.2 Å². The summed E-state index contributed by atoms with van der Waals surface area (Å²) in [4.78, 5) is 27.0. The van der Waals surface area contributed by atoms with Gasteiger partial charge in [-0.2, -0.15) is 0 Å². The molecule has 0 radical (unpaired) electrons. The molecule has 1 atom stereocenters. The van der Waals surface area contributed by atoms with Crippen molar-refractivity contribution in [2.75, 3.05) is 27.0 Å². The van der Waals surface area contributed by atoms with E-state index in [1.54, 1.807) is 0 Å². The van der Waals surface area contributed by atoms with Crippen molar-refractivity contribution in [2.24, 2.45) is 5.92 Å². The van der Waals surface area contributed by atoms with Crippen LogP contribution in [0, 0.1) is 5.92 Å². The summed E-state index contributed by atoms with van der Waals surface area (Å²) >= 11 is 0. The minimum Gasteiger partial charge on any atom is -0.444 e. The van der Waals surface area contributed by atoms with Gasteiger partial charge in [-0.3, -0.25) is 9.69 Å². The summed E-state index contributed by atoms with van der Waals surface area (Å²) in [6, 6.07) is -0.422. The molecule has 0 spiro atoms. The SMILES string of the molecule is C=C(C1CC1)[C@@H](CO[Si](C)(C)C(C)(C)C)N(CC(=O)NCOC)C(=O)OC(C)(C)C. The Labute approximate surface area is 183 Å². The molecule has 1 N–H and O–H groups in total. The van der Waals surface area contributed by atoms with E-state index in [1.165, 1.54) is 12.0 Å². The Morgan fingerprint density at radius 2 is 1.73 bits per heavy atom. The summed E-state index contributed by atoms with van der Waals surface area (Å²) < 4.78 is 17.0. The van der Waals surface area contributed by atoms with Crippen LogP contribution in [-0.2, 0) is 18.7 Å². The van der Waals surface area contributed by atoms with E-state index >= 15 is 0 Å². The molecule has 174 valence electrons. The molecule has 1 fully saturated rings. The van der Waals surface area contributed by atoms with E-state index in [0.717, 1.165) is 18.4 Å². The van der Waals surface area contributed by atoms with Gasteiger partial charge in [0.25, 0.3) is 0 Å². The summed E-state index contributed by atoms with van der Waals surface area (Å²) in [5, 5.41) is 2.68. The molecule has 0 aromatic heterocycles. The fraction of sp³-hybridized carbons (Fsp3) is 0.818. The first-order valence-corrected chi connectivity index (χ1v) is 13.6. The first-order valence-electron chi connectivity index (χ1n) is 10.7. The molecule has 1 aliphatic rings. The largest absolute Gasteiger partial charge is 0.444 e. The molecule has 2 amide bonds. The molecule has 0 aromatic rings. The van der Waals surface area contributed by atoms with Crippen molar-refractivity contribution in [2.45, 2.75) is 84.2 Å².